The molecule has 0 bridgehead atoms. The van der Waals surface area contributed by atoms with Crippen LogP contribution in [0.2, 0.25) is 0 Å². The second-order valence-corrected chi connectivity index (χ2v) is 10.1. The normalized spacial score (nSPS) is 29.8. The van der Waals surface area contributed by atoms with Gasteiger partial charge in [0.1, 0.15) is 5.54 Å². The number of carbonyl (C=O) groups is 3. The maximum atomic E-state index is 14.2. The first-order chi connectivity index (χ1) is 16.5. The van der Waals surface area contributed by atoms with E-state index in [9.17, 15) is 14.4 Å². The third-order valence-electron chi connectivity index (χ3n) is 8.71. The second kappa shape index (κ2) is 6.54. The zero-order valence-electron chi connectivity index (χ0n) is 19.2. The molecule has 7 rings (SSSR count). The Morgan fingerprint density at radius 2 is 1.74 bits per heavy atom. The molecule has 3 amide bonds. The van der Waals surface area contributed by atoms with Gasteiger partial charge in [-0.15, -0.1) is 0 Å². The van der Waals surface area contributed by atoms with Crippen molar-refractivity contribution >= 4 is 39.9 Å². The molecular weight excluding hydrogens is 426 g/mol. The Labute approximate surface area is 197 Å². The molecular formula is C28H25N3O3. The van der Waals surface area contributed by atoms with E-state index in [0.717, 1.165) is 46.0 Å². The highest BCUT2D eigenvalue weighted by Gasteiger charge is 2.74. The summed E-state index contributed by atoms with van der Waals surface area (Å²) in [7, 11) is 0. The van der Waals surface area contributed by atoms with Crippen molar-refractivity contribution in [2.24, 2.45) is 11.8 Å². The zero-order valence-corrected chi connectivity index (χ0v) is 19.2. The molecule has 0 saturated carbocycles. The second-order valence-electron chi connectivity index (χ2n) is 10.1. The van der Waals surface area contributed by atoms with Crippen molar-refractivity contribution in [3.63, 3.8) is 0 Å². The van der Waals surface area contributed by atoms with Crippen molar-refractivity contribution in [1.82, 2.24) is 4.90 Å². The van der Waals surface area contributed by atoms with Gasteiger partial charge in [0.05, 0.1) is 17.5 Å². The number of aryl methyl sites for hydroxylation is 1. The largest absolute Gasteiger partial charge is 0.324 e. The minimum Gasteiger partial charge on any atom is -0.324 e. The Kier molecular flexibility index (Phi) is 3.83. The van der Waals surface area contributed by atoms with E-state index in [0.29, 0.717) is 12.2 Å². The van der Waals surface area contributed by atoms with Gasteiger partial charge in [-0.05, 0) is 55.8 Å². The third kappa shape index (κ3) is 2.13. The molecule has 0 aromatic heterocycles. The highest BCUT2D eigenvalue weighted by atomic mass is 16.2. The molecule has 6 nitrogen and oxygen atoms in total. The highest BCUT2D eigenvalue weighted by Crippen LogP contribution is 2.61. The van der Waals surface area contributed by atoms with Crippen LogP contribution in [0.4, 0.5) is 11.4 Å². The average molecular weight is 452 g/mol. The Bertz CT molecular complexity index is 1440. The SMILES string of the molecule is Cc1ccc2c(c1C)NC(=O)[C@]21[C@@H]2C(=O)N(c3cccc4ccccc34)C(=O)[C@@H]2[C@@H]2CCCN21. The summed E-state index contributed by atoms with van der Waals surface area (Å²) >= 11 is 0. The van der Waals surface area contributed by atoms with E-state index in [2.05, 4.69) is 10.2 Å². The lowest BCUT2D eigenvalue weighted by Gasteiger charge is -2.36. The van der Waals surface area contributed by atoms with Gasteiger partial charge in [0.2, 0.25) is 17.7 Å². The van der Waals surface area contributed by atoms with Crippen LogP contribution in [0, 0.1) is 25.7 Å². The van der Waals surface area contributed by atoms with Crippen molar-refractivity contribution in [2.45, 2.75) is 38.3 Å². The van der Waals surface area contributed by atoms with Gasteiger partial charge in [-0.2, -0.15) is 0 Å². The topological polar surface area (TPSA) is 69.7 Å². The summed E-state index contributed by atoms with van der Waals surface area (Å²) in [5, 5.41) is 4.97. The number of benzene rings is 3. The van der Waals surface area contributed by atoms with Gasteiger partial charge in [-0.1, -0.05) is 48.5 Å². The molecule has 34 heavy (non-hydrogen) atoms. The maximum Gasteiger partial charge on any atom is 0.250 e. The molecule has 4 aliphatic rings. The van der Waals surface area contributed by atoms with E-state index in [1.165, 1.54) is 4.90 Å². The quantitative estimate of drug-likeness (QED) is 0.570. The molecule has 3 fully saturated rings. The fourth-order valence-electron chi connectivity index (χ4n) is 7.16. The minimum absolute atomic E-state index is 0.111. The van der Waals surface area contributed by atoms with Crippen LogP contribution >= 0.6 is 0 Å². The molecule has 4 atom stereocenters. The Hall–Kier alpha value is -3.51. The number of nitrogens with one attached hydrogen (secondary N) is 1. The van der Waals surface area contributed by atoms with Gasteiger partial charge in [0, 0.05) is 22.7 Å². The van der Waals surface area contributed by atoms with Crippen molar-refractivity contribution in [2.75, 3.05) is 16.8 Å². The van der Waals surface area contributed by atoms with Gasteiger partial charge in [-0.25, -0.2) is 4.90 Å². The number of nitrogens with zero attached hydrogens (tertiary/aromatic N) is 2. The number of amides is 3. The fourth-order valence-corrected chi connectivity index (χ4v) is 7.16. The number of fused-ring (bicyclic) bond motifs is 8. The highest BCUT2D eigenvalue weighted by molar-refractivity contribution is 6.28. The van der Waals surface area contributed by atoms with Crippen LogP contribution in [-0.2, 0) is 19.9 Å². The van der Waals surface area contributed by atoms with E-state index < -0.39 is 17.4 Å². The number of carbonyl (C=O) groups excluding carboxylic acids is 3. The summed E-state index contributed by atoms with van der Waals surface area (Å²) in [5.74, 6) is -1.86. The molecule has 170 valence electrons. The summed E-state index contributed by atoms with van der Waals surface area (Å²) in [6.07, 6.45) is 1.73. The third-order valence-corrected chi connectivity index (χ3v) is 8.71. The summed E-state index contributed by atoms with van der Waals surface area (Å²) < 4.78 is 0. The van der Waals surface area contributed by atoms with E-state index in [4.69, 9.17) is 0 Å². The number of rotatable bonds is 1. The predicted octanol–water partition coefficient (Wildman–Crippen LogP) is 3.89. The lowest BCUT2D eigenvalue weighted by Crippen LogP contribution is -2.54. The molecule has 4 aliphatic heterocycles. The lowest BCUT2D eigenvalue weighted by molar-refractivity contribution is -0.135. The molecule has 1 spiro atoms. The van der Waals surface area contributed by atoms with Crippen LogP contribution < -0.4 is 10.2 Å². The molecule has 1 N–H and O–H groups in total. The first-order valence-corrected chi connectivity index (χ1v) is 12.0. The molecule has 3 aromatic rings. The average Bonchev–Trinajstić information content (AvgIpc) is 3.55. The van der Waals surface area contributed by atoms with Crippen LogP contribution in [0.25, 0.3) is 10.8 Å². The van der Waals surface area contributed by atoms with E-state index in [1.54, 1.807) is 0 Å². The minimum atomic E-state index is -1.13. The Balaban J connectivity index is 1.46. The monoisotopic (exact) mass is 451 g/mol. The molecule has 6 heteroatoms. The van der Waals surface area contributed by atoms with Crippen LogP contribution in [0.15, 0.2) is 54.6 Å². The van der Waals surface area contributed by atoms with Crippen LogP contribution in [0.5, 0.6) is 0 Å². The van der Waals surface area contributed by atoms with E-state index in [-0.39, 0.29) is 23.8 Å². The van der Waals surface area contributed by atoms with Crippen molar-refractivity contribution in [1.29, 1.82) is 0 Å². The van der Waals surface area contributed by atoms with E-state index >= 15 is 0 Å². The lowest BCUT2D eigenvalue weighted by atomic mass is 9.75. The molecule has 0 unspecified atom stereocenters. The van der Waals surface area contributed by atoms with Crippen molar-refractivity contribution in [3.8, 4) is 0 Å². The summed E-state index contributed by atoms with van der Waals surface area (Å²) in [6.45, 7) is 4.74. The number of anilines is 2. The number of imide groups is 1. The Morgan fingerprint density at radius 1 is 0.941 bits per heavy atom. The molecule has 0 aliphatic carbocycles. The smallest absolute Gasteiger partial charge is 0.250 e. The van der Waals surface area contributed by atoms with Gasteiger partial charge in [0.25, 0.3) is 0 Å². The van der Waals surface area contributed by atoms with Gasteiger partial charge >= 0.3 is 0 Å². The molecule has 4 heterocycles. The standard InChI is InChI=1S/C28H25N3O3/c1-15-12-13-19-24(16(15)2)29-27(34)28(19)23-22(21-11-6-14-30(21)28)25(32)31(26(23)33)20-10-5-8-17-7-3-4-9-18(17)20/h3-5,7-10,12-13,21-23H,6,11,14H2,1-2H3,(H,29,34)/t21-,22+,23-,28+/m0/s1. The summed E-state index contributed by atoms with van der Waals surface area (Å²) in [4.78, 5) is 45.7. The number of hydrogen-bond acceptors (Lipinski definition) is 4. The predicted molar refractivity (Wildman–Crippen MR) is 129 cm³/mol. The van der Waals surface area contributed by atoms with Gasteiger partial charge < -0.3 is 5.32 Å². The first-order valence-electron chi connectivity index (χ1n) is 12.0. The van der Waals surface area contributed by atoms with E-state index in [1.807, 2.05) is 68.4 Å². The molecule has 3 aromatic carbocycles. The fraction of sp³-hybridized carbons (Fsp3) is 0.321. The zero-order chi connectivity index (χ0) is 23.4. The Morgan fingerprint density at radius 3 is 2.59 bits per heavy atom. The number of hydrogen-bond donors (Lipinski definition) is 1. The van der Waals surface area contributed by atoms with Crippen molar-refractivity contribution in [3.05, 3.63) is 71.3 Å². The molecule has 3 saturated heterocycles. The molecule has 0 radical (unpaired) electrons. The maximum absolute atomic E-state index is 14.2. The van der Waals surface area contributed by atoms with Crippen molar-refractivity contribution < 1.29 is 14.4 Å². The van der Waals surface area contributed by atoms with Crippen LogP contribution in [0.3, 0.4) is 0 Å². The van der Waals surface area contributed by atoms with Gasteiger partial charge in [0.15, 0.2) is 0 Å². The summed E-state index contributed by atoms with van der Waals surface area (Å²) in [5.41, 5.74) is 3.24. The first kappa shape index (κ1) is 19.9. The summed E-state index contributed by atoms with van der Waals surface area (Å²) in [6, 6.07) is 17.4. The van der Waals surface area contributed by atoms with Crippen LogP contribution in [0.1, 0.15) is 29.5 Å². The van der Waals surface area contributed by atoms with Gasteiger partial charge in [-0.3, -0.25) is 19.3 Å². The van der Waals surface area contributed by atoms with Crippen LogP contribution in [-0.4, -0.2) is 35.2 Å².